The second-order valence-corrected chi connectivity index (χ2v) is 8.32. The van der Waals surface area contributed by atoms with Crippen LogP contribution in [0.4, 0.5) is 4.39 Å². The number of aromatic nitrogens is 1. The molecule has 28 heavy (non-hydrogen) atoms. The van der Waals surface area contributed by atoms with Crippen molar-refractivity contribution in [1.82, 2.24) is 14.8 Å². The van der Waals surface area contributed by atoms with E-state index in [0.717, 1.165) is 0 Å². The molecule has 1 fully saturated rings. The Kier molecular flexibility index (Phi) is 5.71. The molecule has 2 unspecified atom stereocenters. The van der Waals surface area contributed by atoms with Gasteiger partial charge in [-0.15, -0.1) is 11.3 Å². The van der Waals surface area contributed by atoms with Crippen LogP contribution in [0.25, 0.3) is 0 Å². The van der Waals surface area contributed by atoms with Gasteiger partial charge in [0.1, 0.15) is 11.7 Å². The van der Waals surface area contributed by atoms with E-state index in [9.17, 15) is 18.8 Å². The number of hydrogen-bond acceptors (Lipinski definition) is 6. The summed E-state index contributed by atoms with van der Waals surface area (Å²) in [6, 6.07) is 5.01. The predicted molar refractivity (Wildman–Crippen MR) is 104 cm³/mol. The predicted octanol–water partition coefficient (Wildman–Crippen LogP) is 2.41. The molecular formula is C20H22FN3O3S. The van der Waals surface area contributed by atoms with E-state index in [-0.39, 0.29) is 12.1 Å². The zero-order chi connectivity index (χ0) is 20.6. The first-order chi connectivity index (χ1) is 13.2. The van der Waals surface area contributed by atoms with Gasteiger partial charge in [-0.3, -0.25) is 14.4 Å². The lowest BCUT2D eigenvalue weighted by molar-refractivity contribution is -0.140. The van der Waals surface area contributed by atoms with Crippen LogP contribution in [-0.4, -0.2) is 59.4 Å². The van der Waals surface area contributed by atoms with Crippen molar-refractivity contribution in [2.24, 2.45) is 5.92 Å². The molecule has 1 aliphatic heterocycles. The van der Waals surface area contributed by atoms with E-state index in [1.54, 1.807) is 19.9 Å². The molecule has 0 bridgehead atoms. The van der Waals surface area contributed by atoms with E-state index in [2.05, 4.69) is 4.98 Å². The Morgan fingerprint density at radius 2 is 1.93 bits per heavy atom. The van der Waals surface area contributed by atoms with Crippen molar-refractivity contribution in [2.45, 2.75) is 19.9 Å². The molecule has 2 atom stereocenters. The van der Waals surface area contributed by atoms with Gasteiger partial charge in [-0.1, -0.05) is 18.2 Å². The molecule has 2 heterocycles. The maximum atomic E-state index is 14.6. The van der Waals surface area contributed by atoms with E-state index in [0.29, 0.717) is 22.1 Å². The number of carbonyl (C=O) groups excluding carboxylic acids is 3. The fourth-order valence-corrected chi connectivity index (χ4v) is 4.40. The van der Waals surface area contributed by atoms with Gasteiger partial charge in [0.15, 0.2) is 5.78 Å². The molecule has 1 aromatic heterocycles. The second kappa shape index (κ2) is 7.89. The maximum Gasteiger partial charge on any atom is 0.291 e. The van der Waals surface area contributed by atoms with Crippen molar-refractivity contribution in [3.8, 4) is 0 Å². The molecule has 1 amide bonds. The van der Waals surface area contributed by atoms with E-state index >= 15 is 0 Å². The highest BCUT2D eigenvalue weighted by atomic mass is 32.1. The van der Waals surface area contributed by atoms with Crippen LogP contribution in [0.15, 0.2) is 24.3 Å². The Balaban J connectivity index is 2.09. The number of Topliss-reactive ketones (excluding diaryl/α,β-unsaturated/α-hetero) is 2. The van der Waals surface area contributed by atoms with Crippen molar-refractivity contribution in [3.05, 3.63) is 51.2 Å². The van der Waals surface area contributed by atoms with E-state index in [1.165, 1.54) is 34.4 Å². The number of benzene rings is 1. The van der Waals surface area contributed by atoms with Gasteiger partial charge in [-0.2, -0.15) is 0 Å². The summed E-state index contributed by atoms with van der Waals surface area (Å²) >= 11 is 1.19. The molecule has 0 aliphatic carbocycles. The van der Waals surface area contributed by atoms with E-state index in [4.69, 9.17) is 0 Å². The van der Waals surface area contributed by atoms with Crippen LogP contribution in [0.5, 0.6) is 0 Å². The third-order valence-electron chi connectivity index (χ3n) is 4.83. The first kappa shape index (κ1) is 20.3. The number of likely N-dealkylation sites (tertiary alicyclic amines) is 1. The van der Waals surface area contributed by atoms with Crippen LogP contribution in [-0.2, 0) is 9.59 Å². The normalized spacial score (nSPS) is 19.7. The summed E-state index contributed by atoms with van der Waals surface area (Å²) in [5.74, 6) is -3.82. The fraction of sp³-hybridized carbons (Fsp3) is 0.400. The molecule has 0 radical (unpaired) electrons. The Morgan fingerprint density at radius 3 is 2.50 bits per heavy atom. The Morgan fingerprint density at radius 1 is 1.25 bits per heavy atom. The monoisotopic (exact) mass is 403 g/mol. The lowest BCUT2D eigenvalue weighted by atomic mass is 9.88. The minimum atomic E-state index is -1.27. The van der Waals surface area contributed by atoms with Crippen LogP contribution in [0.3, 0.4) is 0 Å². The molecule has 148 valence electrons. The SMILES string of the molecule is Cc1nc(C)c(C(=O)C2C(=O)C(=O)N(CCN(C)C)C2c2ccccc2F)s1. The van der Waals surface area contributed by atoms with Crippen molar-refractivity contribution in [1.29, 1.82) is 0 Å². The summed E-state index contributed by atoms with van der Waals surface area (Å²) in [4.78, 5) is 46.6. The van der Waals surface area contributed by atoms with Gasteiger partial charge in [-0.25, -0.2) is 9.37 Å². The van der Waals surface area contributed by atoms with E-state index < -0.39 is 35.3 Å². The number of aryl methyl sites for hydroxylation is 2. The topological polar surface area (TPSA) is 70.6 Å². The lowest BCUT2D eigenvalue weighted by Crippen LogP contribution is -2.36. The van der Waals surface area contributed by atoms with Gasteiger partial charge in [0.25, 0.3) is 5.91 Å². The first-order valence-corrected chi connectivity index (χ1v) is 9.76. The Hall–Kier alpha value is -2.45. The van der Waals surface area contributed by atoms with Gasteiger partial charge in [0.05, 0.1) is 21.6 Å². The quantitative estimate of drug-likeness (QED) is 0.421. The van der Waals surface area contributed by atoms with Crippen molar-refractivity contribution >= 4 is 28.8 Å². The van der Waals surface area contributed by atoms with Crippen molar-refractivity contribution < 1.29 is 18.8 Å². The summed E-state index contributed by atoms with van der Waals surface area (Å²) in [5, 5.41) is 0.699. The summed E-state index contributed by atoms with van der Waals surface area (Å²) in [5.41, 5.74) is 0.699. The molecule has 2 aromatic rings. The van der Waals surface area contributed by atoms with Crippen LogP contribution in [0, 0.1) is 25.6 Å². The molecule has 0 spiro atoms. The molecule has 8 heteroatoms. The molecule has 1 saturated heterocycles. The third kappa shape index (κ3) is 3.62. The summed E-state index contributed by atoms with van der Waals surface area (Å²) in [6.45, 7) is 4.18. The number of rotatable bonds is 6. The average Bonchev–Trinajstić information content (AvgIpc) is 3.10. The highest BCUT2D eigenvalue weighted by Crippen LogP contribution is 2.40. The van der Waals surface area contributed by atoms with Crippen LogP contribution >= 0.6 is 11.3 Å². The summed E-state index contributed by atoms with van der Waals surface area (Å²) in [7, 11) is 3.68. The number of carbonyl (C=O) groups is 3. The lowest BCUT2D eigenvalue weighted by Gasteiger charge is -2.28. The van der Waals surface area contributed by atoms with Crippen molar-refractivity contribution in [3.63, 3.8) is 0 Å². The van der Waals surface area contributed by atoms with Crippen molar-refractivity contribution in [2.75, 3.05) is 27.2 Å². The zero-order valence-corrected chi connectivity index (χ0v) is 17.0. The van der Waals surface area contributed by atoms with Gasteiger partial charge >= 0.3 is 0 Å². The van der Waals surface area contributed by atoms with Gasteiger partial charge in [0, 0.05) is 18.7 Å². The van der Waals surface area contributed by atoms with Crippen LogP contribution in [0.2, 0.25) is 0 Å². The number of nitrogens with zero attached hydrogens (tertiary/aromatic N) is 3. The standard InChI is InChI=1S/C20H22FN3O3S/c1-11-19(28-12(2)22-11)17(25)15-16(13-7-5-6-8-14(13)21)24(10-9-23(3)4)20(27)18(15)26/h5-8,15-16H,9-10H2,1-4H3. The average molecular weight is 403 g/mol. The first-order valence-electron chi connectivity index (χ1n) is 8.94. The zero-order valence-electron chi connectivity index (χ0n) is 16.2. The minimum absolute atomic E-state index is 0.178. The van der Waals surface area contributed by atoms with Gasteiger partial charge < -0.3 is 9.80 Å². The summed E-state index contributed by atoms with van der Waals surface area (Å²) < 4.78 is 14.6. The molecule has 1 aliphatic rings. The molecule has 0 N–H and O–H groups in total. The summed E-state index contributed by atoms with van der Waals surface area (Å²) in [6.07, 6.45) is 0. The molecule has 1 aromatic carbocycles. The number of ketones is 2. The van der Waals surface area contributed by atoms with Gasteiger partial charge in [0.2, 0.25) is 5.78 Å². The number of halogens is 1. The maximum absolute atomic E-state index is 14.6. The number of likely N-dealkylation sites (N-methyl/N-ethyl adjacent to an activating group) is 1. The number of amides is 1. The Labute approximate surface area is 167 Å². The molecule has 0 saturated carbocycles. The van der Waals surface area contributed by atoms with Gasteiger partial charge in [-0.05, 0) is 34.0 Å². The largest absolute Gasteiger partial charge is 0.326 e. The Bertz CT molecular complexity index is 941. The molecule has 6 nitrogen and oxygen atoms in total. The minimum Gasteiger partial charge on any atom is -0.326 e. The molecule has 3 rings (SSSR count). The van der Waals surface area contributed by atoms with Crippen LogP contribution < -0.4 is 0 Å². The highest BCUT2D eigenvalue weighted by molar-refractivity contribution is 7.13. The smallest absolute Gasteiger partial charge is 0.291 e. The second-order valence-electron chi connectivity index (χ2n) is 7.12. The highest BCUT2D eigenvalue weighted by Gasteiger charge is 2.52. The number of hydrogen-bond donors (Lipinski definition) is 0. The van der Waals surface area contributed by atoms with E-state index in [1.807, 2.05) is 19.0 Å². The number of thiazole rings is 1. The fourth-order valence-electron chi connectivity index (χ4n) is 3.50. The molecular weight excluding hydrogens is 381 g/mol. The third-order valence-corrected chi connectivity index (χ3v) is 5.91. The van der Waals surface area contributed by atoms with Crippen LogP contribution in [0.1, 0.15) is 32.0 Å².